The van der Waals surface area contributed by atoms with E-state index in [1.165, 1.54) is 24.4 Å². The number of halogens is 1. The fraction of sp³-hybridized carbons (Fsp3) is 0.450. The zero-order chi connectivity index (χ0) is 25.3. The Morgan fingerprint density at radius 3 is 2.44 bits per heavy atom. The molecule has 1 saturated heterocycles. The minimum atomic E-state index is -1.39. The van der Waals surface area contributed by atoms with Crippen LogP contribution in [0, 0.1) is 11.3 Å². The van der Waals surface area contributed by atoms with Crippen molar-refractivity contribution in [3.8, 4) is 0 Å². The molecule has 1 aliphatic heterocycles. The summed E-state index contributed by atoms with van der Waals surface area (Å²) in [4.78, 5) is 37.6. The summed E-state index contributed by atoms with van der Waals surface area (Å²) in [5.41, 5.74) is 16.7. The zero-order valence-corrected chi connectivity index (χ0v) is 18.5. The first-order valence-electron chi connectivity index (χ1n) is 9.93. The zero-order valence-electron chi connectivity index (χ0n) is 18.5. The predicted molar refractivity (Wildman–Crippen MR) is 112 cm³/mol. The first kappa shape index (κ1) is 26.2. The van der Waals surface area contributed by atoms with Crippen molar-refractivity contribution in [2.75, 3.05) is 6.61 Å². The lowest BCUT2D eigenvalue weighted by Crippen LogP contribution is -2.64. The molecule has 0 amide bonds. The van der Waals surface area contributed by atoms with Gasteiger partial charge >= 0.3 is 17.9 Å². The van der Waals surface area contributed by atoms with Gasteiger partial charge in [0.15, 0.2) is 18.4 Å². The van der Waals surface area contributed by atoms with Gasteiger partial charge in [0, 0.05) is 37.4 Å². The van der Waals surface area contributed by atoms with Crippen LogP contribution >= 0.6 is 0 Å². The molecule has 4 unspecified atom stereocenters. The number of nitrogens with one attached hydrogen (secondary N) is 2. The summed E-state index contributed by atoms with van der Waals surface area (Å²) in [5, 5.41) is 9.73. The van der Waals surface area contributed by atoms with E-state index in [1.807, 2.05) is 0 Å². The summed E-state index contributed by atoms with van der Waals surface area (Å²) >= 11 is 0. The second kappa shape index (κ2) is 12.3. The summed E-state index contributed by atoms with van der Waals surface area (Å²) in [7, 11) is 0. The Balaban J connectivity index is 2.52. The summed E-state index contributed by atoms with van der Waals surface area (Å²) < 4.78 is 34.9. The molecule has 0 bridgehead atoms. The number of hydrogen-bond donors (Lipinski definition) is 2. The predicted octanol–water partition coefficient (Wildman–Crippen LogP) is 2.57. The third kappa shape index (κ3) is 7.25. The molecule has 0 saturated carbocycles. The third-order valence-electron chi connectivity index (χ3n) is 4.54. The molecule has 1 heterocycles. The Morgan fingerprint density at radius 1 is 1.21 bits per heavy atom. The van der Waals surface area contributed by atoms with E-state index in [-0.39, 0.29) is 17.9 Å². The van der Waals surface area contributed by atoms with Gasteiger partial charge in [0.05, 0.1) is 0 Å². The average molecular weight is 478 g/mol. The van der Waals surface area contributed by atoms with Crippen LogP contribution in [0.1, 0.15) is 26.3 Å². The molecule has 182 valence electrons. The van der Waals surface area contributed by atoms with E-state index in [9.17, 15) is 18.8 Å². The van der Waals surface area contributed by atoms with Gasteiger partial charge in [-0.3, -0.25) is 14.4 Å². The van der Waals surface area contributed by atoms with Crippen LogP contribution in [-0.2, 0) is 33.3 Å². The topological polar surface area (TPSA) is 185 Å². The highest BCUT2D eigenvalue weighted by molar-refractivity contribution is 5.68. The molecule has 13 nitrogen and oxygen atoms in total. The van der Waals surface area contributed by atoms with Crippen LogP contribution in [0.15, 0.2) is 40.7 Å². The van der Waals surface area contributed by atoms with E-state index in [0.29, 0.717) is 0 Å². The van der Waals surface area contributed by atoms with E-state index in [1.54, 1.807) is 0 Å². The van der Waals surface area contributed by atoms with Crippen LogP contribution in [0.2, 0.25) is 0 Å². The highest BCUT2D eigenvalue weighted by atomic mass is 19.1. The van der Waals surface area contributed by atoms with Crippen molar-refractivity contribution in [2.24, 2.45) is 10.2 Å². The van der Waals surface area contributed by atoms with Crippen LogP contribution in [-0.4, -0.2) is 55.1 Å². The molecule has 14 heteroatoms. The molecule has 0 radical (unpaired) electrons. The minimum Gasteiger partial charge on any atom is -0.463 e. The number of benzene rings is 1. The molecule has 0 aromatic heterocycles. The molecular formula is C20H23FN6O7. The number of rotatable bonds is 9. The Bertz CT molecular complexity index is 1010. The smallest absolute Gasteiger partial charge is 0.303 e. The Labute approximate surface area is 193 Å². The lowest BCUT2D eigenvalue weighted by Gasteiger charge is -2.44. The van der Waals surface area contributed by atoms with Crippen LogP contribution in [0.4, 0.5) is 4.39 Å². The molecule has 1 fully saturated rings. The SMILES string of the molecule is CC(=O)OCC1OC(N=[N+]=[N-])C(OC(C)=O)C(N/C=C(\N=N)c2cccc(F)c2)[C@H]1OC(C)=O. The van der Waals surface area contributed by atoms with E-state index in [2.05, 4.69) is 20.5 Å². The second-order valence-corrected chi connectivity index (χ2v) is 7.06. The number of azide groups is 1. The lowest BCUT2D eigenvalue weighted by atomic mass is 9.95. The summed E-state index contributed by atoms with van der Waals surface area (Å²) in [5.74, 6) is -2.67. The molecule has 2 N–H and O–H groups in total. The van der Waals surface area contributed by atoms with Crippen molar-refractivity contribution in [1.29, 1.82) is 5.53 Å². The first-order valence-corrected chi connectivity index (χ1v) is 9.93. The fourth-order valence-corrected chi connectivity index (χ4v) is 3.26. The maximum Gasteiger partial charge on any atom is 0.303 e. The van der Waals surface area contributed by atoms with Crippen LogP contribution < -0.4 is 5.32 Å². The van der Waals surface area contributed by atoms with E-state index >= 15 is 0 Å². The average Bonchev–Trinajstić information content (AvgIpc) is 2.75. The van der Waals surface area contributed by atoms with Crippen molar-refractivity contribution in [1.82, 2.24) is 5.32 Å². The Kier molecular flexibility index (Phi) is 9.47. The van der Waals surface area contributed by atoms with Crippen molar-refractivity contribution < 1.29 is 37.7 Å². The third-order valence-corrected chi connectivity index (χ3v) is 4.54. The van der Waals surface area contributed by atoms with Crippen LogP contribution in [0.3, 0.4) is 0 Å². The van der Waals surface area contributed by atoms with Gasteiger partial charge < -0.3 is 24.3 Å². The molecule has 1 aromatic carbocycles. The highest BCUT2D eigenvalue weighted by Crippen LogP contribution is 2.28. The number of nitrogens with zero attached hydrogens (tertiary/aromatic N) is 4. The number of esters is 3. The largest absolute Gasteiger partial charge is 0.463 e. The van der Waals surface area contributed by atoms with Gasteiger partial charge in [-0.05, 0) is 17.7 Å². The quantitative estimate of drug-likeness (QED) is 0.178. The van der Waals surface area contributed by atoms with Crippen molar-refractivity contribution in [3.05, 3.63) is 52.3 Å². The maximum absolute atomic E-state index is 13.6. The minimum absolute atomic E-state index is 0.00832. The van der Waals surface area contributed by atoms with Crippen LogP contribution in [0.25, 0.3) is 16.1 Å². The van der Waals surface area contributed by atoms with E-state index in [0.717, 1.165) is 26.8 Å². The molecule has 0 spiro atoms. The van der Waals surface area contributed by atoms with Gasteiger partial charge in [-0.25, -0.2) is 9.92 Å². The second-order valence-electron chi connectivity index (χ2n) is 7.06. The number of hydrogen-bond acceptors (Lipinski definition) is 11. The summed E-state index contributed by atoms with van der Waals surface area (Å²) in [6.07, 6.45) is -3.80. The monoisotopic (exact) mass is 478 g/mol. The van der Waals surface area contributed by atoms with Gasteiger partial charge in [-0.1, -0.05) is 17.2 Å². The first-order chi connectivity index (χ1) is 16.2. The van der Waals surface area contributed by atoms with Gasteiger partial charge in [0.25, 0.3) is 0 Å². The number of carbonyl (C=O) groups is 3. The standard InChI is InChI=1S/C20H23FN6O7/c1-10(28)31-9-16-18(32-11(2)29)17(19(33-12(3)30)20(34-16)26-27-23)24-8-15(25-22)13-5-4-6-14(21)7-13/h4-8,16-20,22,24H,9H2,1-3H3/b15-8-,25-22?/t16?,17?,18-,19?,20?/m0/s1. The molecular weight excluding hydrogens is 455 g/mol. The Hall–Kier alpha value is -4.03. The van der Waals surface area contributed by atoms with Gasteiger partial charge in [0.1, 0.15) is 30.3 Å². The van der Waals surface area contributed by atoms with Gasteiger partial charge in [-0.15, -0.1) is 0 Å². The van der Waals surface area contributed by atoms with Crippen molar-refractivity contribution in [3.63, 3.8) is 0 Å². The van der Waals surface area contributed by atoms with Gasteiger partial charge in [0.2, 0.25) is 0 Å². The molecule has 2 rings (SSSR count). The fourth-order valence-electron chi connectivity index (χ4n) is 3.26. The summed E-state index contributed by atoms with van der Waals surface area (Å²) in [6.45, 7) is 3.03. The molecule has 5 atom stereocenters. The van der Waals surface area contributed by atoms with E-state index in [4.69, 9.17) is 30.0 Å². The molecule has 34 heavy (non-hydrogen) atoms. The van der Waals surface area contributed by atoms with E-state index < -0.39 is 54.3 Å². The molecule has 1 aliphatic rings. The molecule has 1 aromatic rings. The highest BCUT2D eigenvalue weighted by Gasteiger charge is 2.49. The molecule has 0 aliphatic carbocycles. The normalized spacial score (nSPS) is 24.2. The maximum atomic E-state index is 13.6. The lowest BCUT2D eigenvalue weighted by molar-refractivity contribution is -0.218. The van der Waals surface area contributed by atoms with Gasteiger partial charge in [-0.2, -0.15) is 5.11 Å². The van der Waals surface area contributed by atoms with Crippen LogP contribution in [0.5, 0.6) is 0 Å². The van der Waals surface area contributed by atoms with Crippen molar-refractivity contribution in [2.45, 2.75) is 51.4 Å². The number of carbonyl (C=O) groups excluding carboxylic acids is 3. The number of ether oxygens (including phenoxy) is 4. The Morgan fingerprint density at radius 2 is 1.88 bits per heavy atom. The summed E-state index contributed by atoms with van der Waals surface area (Å²) in [6, 6.07) is 4.19. The van der Waals surface area contributed by atoms with Crippen molar-refractivity contribution >= 4 is 23.6 Å².